The number of nitrogens with zero attached hydrogens (tertiary/aromatic N) is 2. The Morgan fingerprint density at radius 2 is 1.93 bits per heavy atom. The van der Waals surface area contributed by atoms with E-state index in [-0.39, 0.29) is 36.4 Å². The lowest BCUT2D eigenvalue weighted by Gasteiger charge is -2.00. The highest BCUT2D eigenvalue weighted by Crippen LogP contribution is 2.32. The Morgan fingerprint density at radius 3 is 2.57 bits per heavy atom. The van der Waals surface area contributed by atoms with Gasteiger partial charge in [-0.3, -0.25) is 4.79 Å². The van der Waals surface area contributed by atoms with Crippen molar-refractivity contribution in [2.45, 2.75) is 32.7 Å². The van der Waals surface area contributed by atoms with Crippen LogP contribution in [0.1, 0.15) is 35.0 Å². The Bertz CT molecular complexity index is 1000. The van der Waals surface area contributed by atoms with Crippen molar-refractivity contribution in [1.82, 2.24) is 9.72 Å². The molecular weight excluding hydrogens is 384 g/mol. The predicted molar refractivity (Wildman–Crippen MR) is 103 cm³/mol. The van der Waals surface area contributed by atoms with Crippen molar-refractivity contribution in [3.05, 3.63) is 58.5 Å². The molecule has 8 heteroatoms. The van der Waals surface area contributed by atoms with Crippen molar-refractivity contribution in [3.8, 4) is 17.1 Å². The van der Waals surface area contributed by atoms with Gasteiger partial charge in [-0.2, -0.15) is 0 Å². The van der Waals surface area contributed by atoms with Crippen molar-refractivity contribution in [2.75, 3.05) is 0 Å². The van der Waals surface area contributed by atoms with Gasteiger partial charge in [0.25, 0.3) is 0 Å². The van der Waals surface area contributed by atoms with Gasteiger partial charge in [0.1, 0.15) is 22.2 Å². The van der Waals surface area contributed by atoms with E-state index >= 15 is 0 Å². The highest BCUT2D eigenvalue weighted by atomic mass is 35.5. The van der Waals surface area contributed by atoms with Crippen molar-refractivity contribution in [1.29, 1.82) is 0 Å². The smallest absolute Gasteiger partial charge is 0.337 e. The number of benzene rings is 1. The first-order chi connectivity index (χ1) is 13.4. The van der Waals surface area contributed by atoms with Crippen LogP contribution < -0.4 is 0 Å². The second kappa shape index (κ2) is 8.31. The molecule has 0 saturated carbocycles. The molecular formula is C20H19ClN2O5. The van der Waals surface area contributed by atoms with Crippen LogP contribution in [0.25, 0.3) is 11.3 Å². The van der Waals surface area contributed by atoms with Gasteiger partial charge >= 0.3 is 5.97 Å². The van der Waals surface area contributed by atoms with Crippen LogP contribution in [0, 0.1) is 0 Å². The van der Waals surface area contributed by atoms with Gasteiger partial charge in [0.2, 0.25) is 0 Å². The van der Waals surface area contributed by atoms with Crippen LogP contribution in [-0.2, 0) is 24.2 Å². The molecule has 1 aromatic carbocycles. The number of hydrogen-bond donors (Lipinski definition) is 2. The van der Waals surface area contributed by atoms with Gasteiger partial charge in [-0.05, 0) is 36.8 Å². The van der Waals surface area contributed by atoms with E-state index in [1.807, 2.05) is 6.92 Å². The average molecular weight is 403 g/mol. The number of phenolic OH excluding ortho intramolecular Hbond substituents is 1. The number of phenols is 1. The quantitative estimate of drug-likeness (QED) is 0.590. The molecule has 0 unspecified atom stereocenters. The fourth-order valence-electron chi connectivity index (χ4n) is 2.89. The molecule has 0 fully saturated rings. The molecule has 0 atom stereocenters. The molecule has 0 aliphatic carbocycles. The van der Waals surface area contributed by atoms with E-state index in [1.165, 1.54) is 18.3 Å². The number of aromatic carboxylic acids is 1. The first-order valence-electron chi connectivity index (χ1n) is 8.76. The van der Waals surface area contributed by atoms with Gasteiger partial charge in [-0.1, -0.05) is 16.8 Å². The summed E-state index contributed by atoms with van der Waals surface area (Å²) in [5, 5.41) is 22.9. The number of carboxylic acids is 1. The van der Waals surface area contributed by atoms with Crippen molar-refractivity contribution in [2.24, 2.45) is 0 Å². The maximum absolute atomic E-state index is 12.4. The minimum absolute atomic E-state index is 0.0366. The Hall–Kier alpha value is -3.06. The number of carboxylic acid groups (broad SMARTS) is 1. The van der Waals surface area contributed by atoms with Crippen molar-refractivity contribution in [3.63, 3.8) is 0 Å². The number of carbonyl (C=O) groups excluding carboxylic acids is 1. The maximum atomic E-state index is 12.4. The van der Waals surface area contributed by atoms with Gasteiger partial charge < -0.3 is 19.3 Å². The number of halogens is 1. The average Bonchev–Trinajstić information content (AvgIpc) is 3.24. The normalized spacial score (nSPS) is 10.9. The number of aromatic hydroxyl groups is 1. The Kier molecular flexibility index (Phi) is 5.84. The molecule has 2 heterocycles. The third-order valence-corrected chi connectivity index (χ3v) is 4.81. The fraction of sp³-hybridized carbons (Fsp3) is 0.250. The molecule has 0 aliphatic rings. The summed E-state index contributed by atoms with van der Waals surface area (Å²) in [5.74, 6) is -0.658. The zero-order chi connectivity index (χ0) is 20.3. The zero-order valence-corrected chi connectivity index (χ0v) is 15.9. The lowest BCUT2D eigenvalue weighted by Crippen LogP contribution is -2.07. The van der Waals surface area contributed by atoms with Crippen LogP contribution in [0.15, 0.2) is 41.2 Å². The third-order valence-electron chi connectivity index (χ3n) is 4.42. The summed E-state index contributed by atoms with van der Waals surface area (Å²) in [6.45, 7) is 2.53. The predicted octanol–water partition coefficient (Wildman–Crippen LogP) is 3.96. The minimum atomic E-state index is -1.05. The number of carbonyl (C=O) groups is 2. The summed E-state index contributed by atoms with van der Waals surface area (Å²) < 4.78 is 7.03. The number of rotatable bonds is 8. The minimum Gasteiger partial charge on any atom is -0.508 e. The zero-order valence-electron chi connectivity index (χ0n) is 15.2. The van der Waals surface area contributed by atoms with Crippen molar-refractivity contribution < 1.29 is 24.3 Å². The molecule has 28 heavy (non-hydrogen) atoms. The van der Waals surface area contributed by atoms with Gasteiger partial charge in [0, 0.05) is 43.8 Å². The summed E-state index contributed by atoms with van der Waals surface area (Å²) in [5.41, 5.74) is 1.77. The molecule has 0 saturated heterocycles. The van der Waals surface area contributed by atoms with E-state index in [0.717, 1.165) is 0 Å². The SMILES string of the molecule is CCn1cc(CC(=O)CCc2noc(-c3ccc(O)cc3)c2Cl)c(C(=O)O)c1. The Balaban J connectivity index is 1.66. The van der Waals surface area contributed by atoms with E-state index in [0.29, 0.717) is 34.1 Å². The number of ketones is 1. The molecule has 0 aliphatic heterocycles. The fourth-order valence-corrected chi connectivity index (χ4v) is 3.16. The van der Waals surface area contributed by atoms with Crippen LogP contribution in [0.5, 0.6) is 5.75 Å². The first-order valence-corrected chi connectivity index (χ1v) is 9.14. The molecule has 2 aromatic heterocycles. The summed E-state index contributed by atoms with van der Waals surface area (Å²) in [7, 11) is 0. The summed E-state index contributed by atoms with van der Waals surface area (Å²) >= 11 is 6.32. The largest absolute Gasteiger partial charge is 0.508 e. The number of aromatic nitrogens is 2. The molecule has 3 rings (SSSR count). The highest BCUT2D eigenvalue weighted by Gasteiger charge is 2.19. The summed E-state index contributed by atoms with van der Waals surface area (Å²) in [4.78, 5) is 23.7. The second-order valence-electron chi connectivity index (χ2n) is 6.37. The number of hydrogen-bond acceptors (Lipinski definition) is 5. The van der Waals surface area contributed by atoms with E-state index in [2.05, 4.69) is 5.16 Å². The van der Waals surface area contributed by atoms with Crippen molar-refractivity contribution >= 4 is 23.4 Å². The maximum Gasteiger partial charge on any atom is 0.337 e. The van der Waals surface area contributed by atoms with Crippen LogP contribution in [0.2, 0.25) is 5.02 Å². The Labute approximate surface area is 166 Å². The highest BCUT2D eigenvalue weighted by molar-refractivity contribution is 6.33. The molecule has 0 spiro atoms. The van der Waals surface area contributed by atoms with Crippen LogP contribution in [0.3, 0.4) is 0 Å². The van der Waals surface area contributed by atoms with E-state index < -0.39 is 5.97 Å². The molecule has 0 amide bonds. The standard InChI is InChI=1S/C20H19ClN2O5/c1-2-23-10-13(16(11-23)20(26)27)9-15(25)7-8-17-18(21)19(28-22-17)12-3-5-14(24)6-4-12/h3-6,10-11,24H,2,7-9H2,1H3,(H,26,27). The summed E-state index contributed by atoms with van der Waals surface area (Å²) in [6.07, 6.45) is 3.71. The molecule has 146 valence electrons. The monoisotopic (exact) mass is 402 g/mol. The van der Waals surface area contributed by atoms with Crippen LogP contribution in [-0.4, -0.2) is 31.7 Å². The van der Waals surface area contributed by atoms with E-state index in [4.69, 9.17) is 16.1 Å². The van der Waals surface area contributed by atoms with Crippen LogP contribution in [0.4, 0.5) is 0 Å². The van der Waals surface area contributed by atoms with E-state index in [1.54, 1.807) is 22.9 Å². The summed E-state index contributed by atoms with van der Waals surface area (Å²) in [6, 6.07) is 6.34. The van der Waals surface area contributed by atoms with E-state index in [9.17, 15) is 19.8 Å². The Morgan fingerprint density at radius 1 is 1.21 bits per heavy atom. The number of aryl methyl sites for hydroxylation is 2. The molecule has 0 radical (unpaired) electrons. The molecule has 0 bridgehead atoms. The van der Waals surface area contributed by atoms with Gasteiger partial charge in [-0.25, -0.2) is 4.79 Å². The molecule has 2 N–H and O–H groups in total. The second-order valence-corrected chi connectivity index (χ2v) is 6.75. The van der Waals surface area contributed by atoms with Gasteiger partial charge in [0.15, 0.2) is 5.76 Å². The topological polar surface area (TPSA) is 106 Å². The lowest BCUT2D eigenvalue weighted by molar-refractivity contribution is -0.118. The molecule has 7 nitrogen and oxygen atoms in total. The number of Topliss-reactive ketones (excluding diaryl/α,β-unsaturated/α-hetero) is 1. The van der Waals surface area contributed by atoms with Gasteiger partial charge in [-0.15, -0.1) is 0 Å². The lowest BCUT2D eigenvalue weighted by atomic mass is 10.0. The molecule has 3 aromatic rings. The van der Waals surface area contributed by atoms with Gasteiger partial charge in [0.05, 0.1) is 5.56 Å². The van der Waals surface area contributed by atoms with Crippen LogP contribution >= 0.6 is 11.6 Å². The third kappa shape index (κ3) is 4.26. The first kappa shape index (κ1) is 19.7.